The number of imidazole rings is 1. The van der Waals surface area contributed by atoms with Crippen LogP contribution < -0.4 is 0 Å². The summed E-state index contributed by atoms with van der Waals surface area (Å²) >= 11 is 0. The van der Waals surface area contributed by atoms with Crippen molar-refractivity contribution in [2.45, 2.75) is 40.3 Å². The van der Waals surface area contributed by atoms with E-state index in [1.165, 1.54) is 0 Å². The lowest BCUT2D eigenvalue weighted by Crippen LogP contribution is -2.10. The molecule has 1 aromatic heterocycles. The minimum absolute atomic E-state index is 0.525. The van der Waals surface area contributed by atoms with E-state index in [0.29, 0.717) is 18.1 Å². The Bertz CT molecular complexity index is 622. The number of nitrogens with zero attached hydrogens (tertiary/aromatic N) is 3. The van der Waals surface area contributed by atoms with Gasteiger partial charge in [-0.2, -0.15) is 5.26 Å². The molecule has 0 spiro atoms. The standard InChI is InChI=1S/C16H21N3O/c1-4-7-20-11-16-18-14-8-13(9-17)5-6-15(14)19(16)10-12(2)3/h5-6,8,12H,4,7,10-11H2,1-3H3. The molecule has 2 rings (SSSR count). The van der Waals surface area contributed by atoms with E-state index >= 15 is 0 Å². The summed E-state index contributed by atoms with van der Waals surface area (Å²) in [7, 11) is 0. The maximum atomic E-state index is 8.98. The Morgan fingerprint density at radius 2 is 2.20 bits per heavy atom. The molecule has 1 aromatic carbocycles. The first-order chi connectivity index (χ1) is 9.65. The van der Waals surface area contributed by atoms with Crippen LogP contribution in [0.2, 0.25) is 0 Å². The van der Waals surface area contributed by atoms with Gasteiger partial charge in [0.15, 0.2) is 0 Å². The van der Waals surface area contributed by atoms with Crippen molar-refractivity contribution in [2.24, 2.45) is 5.92 Å². The third-order valence-corrected chi connectivity index (χ3v) is 3.08. The highest BCUT2D eigenvalue weighted by Gasteiger charge is 2.12. The number of rotatable bonds is 6. The average Bonchev–Trinajstić information content (AvgIpc) is 2.76. The Morgan fingerprint density at radius 3 is 2.85 bits per heavy atom. The highest BCUT2D eigenvalue weighted by molar-refractivity contribution is 5.77. The molecule has 0 unspecified atom stereocenters. The summed E-state index contributed by atoms with van der Waals surface area (Å²) in [6.45, 7) is 8.65. The molecule has 0 aliphatic carbocycles. The molecule has 20 heavy (non-hydrogen) atoms. The number of fused-ring (bicyclic) bond motifs is 1. The van der Waals surface area contributed by atoms with Gasteiger partial charge < -0.3 is 9.30 Å². The molecule has 4 nitrogen and oxygen atoms in total. The van der Waals surface area contributed by atoms with Crippen LogP contribution in [0.25, 0.3) is 11.0 Å². The first-order valence-corrected chi connectivity index (χ1v) is 7.12. The zero-order valence-electron chi connectivity index (χ0n) is 12.4. The summed E-state index contributed by atoms with van der Waals surface area (Å²) in [5.41, 5.74) is 2.60. The van der Waals surface area contributed by atoms with Crippen molar-refractivity contribution in [3.8, 4) is 6.07 Å². The normalized spacial score (nSPS) is 11.2. The molecule has 0 aliphatic rings. The van der Waals surface area contributed by atoms with Gasteiger partial charge in [-0.25, -0.2) is 4.98 Å². The molecule has 0 N–H and O–H groups in total. The summed E-state index contributed by atoms with van der Waals surface area (Å²) in [5.74, 6) is 1.48. The van der Waals surface area contributed by atoms with Crippen molar-refractivity contribution in [1.82, 2.24) is 9.55 Å². The fourth-order valence-electron chi connectivity index (χ4n) is 2.24. The molecule has 0 fully saturated rings. The minimum Gasteiger partial charge on any atom is -0.374 e. The topological polar surface area (TPSA) is 50.8 Å². The van der Waals surface area contributed by atoms with Crippen molar-refractivity contribution in [3.05, 3.63) is 29.6 Å². The lowest BCUT2D eigenvalue weighted by molar-refractivity contribution is 0.113. The van der Waals surface area contributed by atoms with Gasteiger partial charge in [0.25, 0.3) is 0 Å². The number of hydrogen-bond acceptors (Lipinski definition) is 3. The van der Waals surface area contributed by atoms with Gasteiger partial charge in [0.1, 0.15) is 12.4 Å². The van der Waals surface area contributed by atoms with Gasteiger partial charge in [-0.3, -0.25) is 0 Å². The Morgan fingerprint density at radius 1 is 1.40 bits per heavy atom. The van der Waals surface area contributed by atoms with Crippen LogP contribution in [0.3, 0.4) is 0 Å². The van der Waals surface area contributed by atoms with E-state index < -0.39 is 0 Å². The van der Waals surface area contributed by atoms with Crippen LogP contribution in [0.4, 0.5) is 0 Å². The second-order valence-electron chi connectivity index (χ2n) is 5.40. The molecule has 0 radical (unpaired) electrons. The molecular weight excluding hydrogens is 250 g/mol. The van der Waals surface area contributed by atoms with E-state index in [2.05, 4.69) is 36.4 Å². The highest BCUT2D eigenvalue weighted by Crippen LogP contribution is 2.20. The van der Waals surface area contributed by atoms with E-state index in [0.717, 1.165) is 36.4 Å². The van der Waals surface area contributed by atoms with Gasteiger partial charge in [0.05, 0.1) is 22.7 Å². The average molecular weight is 271 g/mol. The number of aromatic nitrogens is 2. The van der Waals surface area contributed by atoms with Crippen molar-refractivity contribution >= 4 is 11.0 Å². The van der Waals surface area contributed by atoms with Crippen LogP contribution >= 0.6 is 0 Å². The summed E-state index contributed by atoms with van der Waals surface area (Å²) in [6, 6.07) is 7.83. The van der Waals surface area contributed by atoms with Crippen LogP contribution in [0.5, 0.6) is 0 Å². The van der Waals surface area contributed by atoms with Crippen LogP contribution in [0, 0.1) is 17.2 Å². The number of nitriles is 1. The molecule has 0 amide bonds. The molecule has 1 heterocycles. The second kappa shape index (κ2) is 6.53. The van der Waals surface area contributed by atoms with E-state index in [4.69, 9.17) is 10.00 Å². The van der Waals surface area contributed by atoms with E-state index in [1.807, 2.05) is 18.2 Å². The zero-order chi connectivity index (χ0) is 14.5. The first kappa shape index (κ1) is 14.5. The lowest BCUT2D eigenvalue weighted by Gasteiger charge is -2.11. The molecule has 0 aliphatic heterocycles. The molecule has 2 aromatic rings. The van der Waals surface area contributed by atoms with Gasteiger partial charge >= 0.3 is 0 Å². The van der Waals surface area contributed by atoms with Crippen molar-refractivity contribution < 1.29 is 4.74 Å². The van der Waals surface area contributed by atoms with Gasteiger partial charge in [-0.1, -0.05) is 20.8 Å². The van der Waals surface area contributed by atoms with Crippen molar-refractivity contribution in [3.63, 3.8) is 0 Å². The largest absolute Gasteiger partial charge is 0.374 e. The third-order valence-electron chi connectivity index (χ3n) is 3.08. The lowest BCUT2D eigenvalue weighted by atomic mass is 10.2. The van der Waals surface area contributed by atoms with Crippen LogP contribution in [-0.4, -0.2) is 16.2 Å². The Kier molecular flexibility index (Phi) is 4.75. The molecule has 0 saturated heterocycles. The highest BCUT2D eigenvalue weighted by atomic mass is 16.5. The quantitative estimate of drug-likeness (QED) is 0.756. The Hall–Kier alpha value is -1.86. The van der Waals surface area contributed by atoms with Gasteiger partial charge in [0, 0.05) is 13.2 Å². The van der Waals surface area contributed by atoms with E-state index in [9.17, 15) is 0 Å². The summed E-state index contributed by atoms with van der Waals surface area (Å²) < 4.78 is 7.83. The molecule has 106 valence electrons. The molecule has 0 saturated carbocycles. The van der Waals surface area contributed by atoms with Gasteiger partial charge in [-0.05, 0) is 30.5 Å². The van der Waals surface area contributed by atoms with Gasteiger partial charge in [0.2, 0.25) is 0 Å². The van der Waals surface area contributed by atoms with Crippen LogP contribution in [0.15, 0.2) is 18.2 Å². The SMILES string of the molecule is CCCOCc1nc2cc(C#N)ccc2n1CC(C)C. The Balaban J connectivity index is 2.40. The Labute approximate surface area is 120 Å². The van der Waals surface area contributed by atoms with Crippen LogP contribution in [0.1, 0.15) is 38.6 Å². The number of benzene rings is 1. The molecule has 4 heteroatoms. The van der Waals surface area contributed by atoms with Gasteiger partial charge in [-0.15, -0.1) is 0 Å². The second-order valence-corrected chi connectivity index (χ2v) is 5.40. The predicted octanol–water partition coefficient (Wildman–Crippen LogP) is 3.49. The first-order valence-electron chi connectivity index (χ1n) is 7.12. The van der Waals surface area contributed by atoms with E-state index in [1.54, 1.807) is 0 Å². The maximum Gasteiger partial charge on any atom is 0.136 e. The predicted molar refractivity (Wildman–Crippen MR) is 79.2 cm³/mol. The number of ether oxygens (including phenoxy) is 1. The number of hydrogen-bond donors (Lipinski definition) is 0. The smallest absolute Gasteiger partial charge is 0.136 e. The van der Waals surface area contributed by atoms with Crippen LogP contribution in [-0.2, 0) is 17.9 Å². The third kappa shape index (κ3) is 3.17. The van der Waals surface area contributed by atoms with Crippen molar-refractivity contribution in [1.29, 1.82) is 5.26 Å². The molecule has 0 bridgehead atoms. The maximum absolute atomic E-state index is 8.98. The summed E-state index contributed by atoms with van der Waals surface area (Å²) in [4.78, 5) is 4.63. The van der Waals surface area contributed by atoms with E-state index in [-0.39, 0.29) is 0 Å². The summed E-state index contributed by atoms with van der Waals surface area (Å²) in [5, 5.41) is 8.98. The minimum atomic E-state index is 0.525. The molecular formula is C16H21N3O. The zero-order valence-corrected chi connectivity index (χ0v) is 12.4. The fourth-order valence-corrected chi connectivity index (χ4v) is 2.24. The monoisotopic (exact) mass is 271 g/mol. The fraction of sp³-hybridized carbons (Fsp3) is 0.500. The van der Waals surface area contributed by atoms with Crippen molar-refractivity contribution in [2.75, 3.05) is 6.61 Å². The summed E-state index contributed by atoms with van der Waals surface area (Å²) in [6.07, 6.45) is 1.00. The molecule has 0 atom stereocenters.